The number of fused-ring (bicyclic) bond motifs is 16. The Morgan fingerprint density at radius 2 is 0.984 bits per heavy atom. The molecule has 292 valence electrons. The monoisotopic (exact) mass is 793 g/mol. The molecule has 62 heavy (non-hydrogen) atoms. The van der Waals surface area contributed by atoms with E-state index in [0.29, 0.717) is 0 Å². The van der Waals surface area contributed by atoms with E-state index in [1.807, 2.05) is 12.1 Å². The highest BCUT2D eigenvalue weighted by molar-refractivity contribution is 6.07. The van der Waals surface area contributed by atoms with Gasteiger partial charge in [-0.05, 0) is 107 Å². The maximum Gasteiger partial charge on any atom is 0.140 e. The first-order chi connectivity index (χ1) is 30.5. The molecule has 3 nitrogen and oxygen atoms in total. The van der Waals surface area contributed by atoms with Crippen LogP contribution in [0.25, 0.3) is 65.7 Å². The van der Waals surface area contributed by atoms with Gasteiger partial charge in [-0.15, -0.1) is 0 Å². The number of para-hydroxylation sites is 2. The van der Waals surface area contributed by atoms with Crippen LogP contribution in [0.15, 0.2) is 205 Å². The second-order valence-corrected chi connectivity index (χ2v) is 17.0. The molecule has 0 unspecified atom stereocenters. The lowest BCUT2D eigenvalue weighted by atomic mass is 9.65. The van der Waals surface area contributed by atoms with E-state index in [1.165, 1.54) is 60.8 Å². The Balaban J connectivity index is 1.02. The number of ether oxygens (including phenoxy) is 1. The summed E-state index contributed by atoms with van der Waals surface area (Å²) in [4.78, 5) is 2.33. The second-order valence-electron chi connectivity index (χ2n) is 17.0. The lowest BCUT2D eigenvalue weighted by Crippen LogP contribution is -2.32. The maximum absolute atomic E-state index is 7.25. The van der Waals surface area contributed by atoms with Crippen molar-refractivity contribution in [2.24, 2.45) is 0 Å². The van der Waals surface area contributed by atoms with Crippen LogP contribution in [-0.2, 0) is 5.41 Å². The second kappa shape index (κ2) is 13.1. The van der Waals surface area contributed by atoms with Gasteiger partial charge in [0.15, 0.2) is 0 Å². The van der Waals surface area contributed by atoms with E-state index in [9.17, 15) is 0 Å². The molecule has 0 radical (unpaired) electrons. The first-order valence-corrected chi connectivity index (χ1v) is 21.4. The molecule has 0 atom stereocenters. The van der Waals surface area contributed by atoms with Crippen LogP contribution in [0.4, 0.5) is 17.1 Å². The number of rotatable bonds is 4. The number of hydrogen-bond donors (Lipinski definition) is 0. The SMILES string of the molecule is Cc1ccc2c3c(ccc2c1)C1(c2ccccc2-c2c(-c4ccc(N(c5ccccc5)c5ccc6oc7ccccc7c6c5)cc4)cccc21)c1ccc2cc(C)ccc2c1O3. The highest BCUT2D eigenvalue weighted by Crippen LogP contribution is 2.65. The Morgan fingerprint density at radius 1 is 0.387 bits per heavy atom. The number of aryl methyl sites for hydroxylation is 2. The third kappa shape index (κ3) is 4.88. The highest BCUT2D eigenvalue weighted by Gasteiger charge is 2.52. The summed E-state index contributed by atoms with van der Waals surface area (Å²) in [5, 5.41) is 6.84. The van der Waals surface area contributed by atoms with Crippen LogP contribution in [0.3, 0.4) is 0 Å². The van der Waals surface area contributed by atoms with Crippen molar-refractivity contribution < 1.29 is 9.15 Å². The van der Waals surface area contributed by atoms with Crippen LogP contribution in [0.2, 0.25) is 0 Å². The molecule has 0 saturated carbocycles. The van der Waals surface area contributed by atoms with E-state index in [2.05, 4.69) is 207 Å². The van der Waals surface area contributed by atoms with Crippen molar-refractivity contribution in [1.82, 2.24) is 0 Å². The van der Waals surface area contributed by atoms with E-state index < -0.39 is 5.41 Å². The smallest absolute Gasteiger partial charge is 0.140 e. The Labute approximate surface area is 359 Å². The van der Waals surface area contributed by atoms with Gasteiger partial charge in [-0.3, -0.25) is 0 Å². The summed E-state index contributed by atoms with van der Waals surface area (Å²) >= 11 is 0. The van der Waals surface area contributed by atoms with Gasteiger partial charge in [0.05, 0.1) is 5.41 Å². The van der Waals surface area contributed by atoms with Gasteiger partial charge in [0, 0.05) is 49.7 Å². The molecule has 1 aromatic heterocycles. The minimum Gasteiger partial charge on any atom is -0.456 e. The van der Waals surface area contributed by atoms with E-state index >= 15 is 0 Å². The van der Waals surface area contributed by atoms with E-state index in [-0.39, 0.29) is 0 Å². The highest BCUT2D eigenvalue weighted by atomic mass is 16.5. The number of nitrogens with zero attached hydrogens (tertiary/aromatic N) is 1. The van der Waals surface area contributed by atoms with E-state index in [0.717, 1.165) is 66.8 Å². The van der Waals surface area contributed by atoms with Crippen molar-refractivity contribution in [1.29, 1.82) is 0 Å². The minimum atomic E-state index is -0.608. The fourth-order valence-corrected chi connectivity index (χ4v) is 10.7. The molecule has 1 aliphatic heterocycles. The molecule has 0 bridgehead atoms. The molecule has 13 rings (SSSR count). The summed E-state index contributed by atoms with van der Waals surface area (Å²) < 4.78 is 13.5. The standard InChI is InChI=1S/C59H39NO2/c1-36-19-28-45-39(33-36)23-30-52-57(45)62-58-46-29-20-37(2)34-40(46)24-31-53(58)59(52)50-16-8-6-14-48(50)56-44(15-10-17-51(56)59)38-21-25-42(26-22-38)60(41-11-4-3-5-12-41)43-27-32-55-49(35-43)47-13-7-9-18-54(47)61-55/h3-35H,1-2H3. The molecule has 2 aliphatic rings. The number of anilines is 3. The molecule has 11 aromatic rings. The van der Waals surface area contributed by atoms with Gasteiger partial charge in [-0.2, -0.15) is 0 Å². The van der Waals surface area contributed by atoms with Crippen molar-refractivity contribution >= 4 is 60.5 Å². The summed E-state index contributed by atoms with van der Waals surface area (Å²) in [5.41, 5.74) is 16.7. The quantitative estimate of drug-likeness (QED) is 0.177. The lowest BCUT2D eigenvalue weighted by molar-refractivity contribution is 0.447. The minimum absolute atomic E-state index is 0.608. The number of furan rings is 1. The molecule has 2 heterocycles. The third-order valence-corrected chi connectivity index (χ3v) is 13.4. The average molecular weight is 794 g/mol. The summed E-state index contributed by atoms with van der Waals surface area (Å²) in [7, 11) is 0. The molecule has 1 aliphatic carbocycles. The molecular formula is C59H39NO2. The molecular weight excluding hydrogens is 755 g/mol. The molecule has 0 amide bonds. The largest absolute Gasteiger partial charge is 0.456 e. The van der Waals surface area contributed by atoms with Crippen LogP contribution in [0.1, 0.15) is 33.4 Å². The molecule has 1 spiro atoms. The zero-order valence-electron chi connectivity index (χ0n) is 34.3. The first kappa shape index (κ1) is 34.9. The maximum atomic E-state index is 7.25. The Hall–Kier alpha value is -7.88. The zero-order valence-corrected chi connectivity index (χ0v) is 34.3. The lowest BCUT2D eigenvalue weighted by Gasteiger charge is -2.40. The average Bonchev–Trinajstić information content (AvgIpc) is 3.83. The van der Waals surface area contributed by atoms with Gasteiger partial charge in [-0.25, -0.2) is 0 Å². The van der Waals surface area contributed by atoms with Crippen molar-refractivity contribution in [3.63, 3.8) is 0 Å². The van der Waals surface area contributed by atoms with Crippen LogP contribution in [0.5, 0.6) is 11.5 Å². The molecule has 0 saturated heterocycles. The summed E-state index contributed by atoms with van der Waals surface area (Å²) in [6, 6.07) is 73.1. The first-order valence-electron chi connectivity index (χ1n) is 21.4. The Morgan fingerprint density at radius 3 is 1.73 bits per heavy atom. The van der Waals surface area contributed by atoms with Gasteiger partial charge in [-0.1, -0.05) is 163 Å². The Kier molecular flexibility index (Phi) is 7.36. The summed E-state index contributed by atoms with van der Waals surface area (Å²) in [6.45, 7) is 4.31. The normalized spacial score (nSPS) is 13.3. The fraction of sp³-hybridized carbons (Fsp3) is 0.0508. The van der Waals surface area contributed by atoms with Crippen molar-refractivity contribution in [2.45, 2.75) is 19.3 Å². The zero-order chi connectivity index (χ0) is 41.1. The van der Waals surface area contributed by atoms with Crippen LogP contribution in [-0.4, -0.2) is 0 Å². The molecule has 0 N–H and O–H groups in total. The van der Waals surface area contributed by atoms with Gasteiger partial charge in [0.1, 0.15) is 22.7 Å². The third-order valence-electron chi connectivity index (χ3n) is 13.4. The van der Waals surface area contributed by atoms with Crippen molar-refractivity contribution in [2.75, 3.05) is 4.90 Å². The van der Waals surface area contributed by atoms with E-state index in [4.69, 9.17) is 9.15 Å². The van der Waals surface area contributed by atoms with Gasteiger partial charge in [0.2, 0.25) is 0 Å². The van der Waals surface area contributed by atoms with Crippen molar-refractivity contribution in [3.8, 4) is 33.8 Å². The predicted octanol–water partition coefficient (Wildman–Crippen LogP) is 16.1. The van der Waals surface area contributed by atoms with Crippen molar-refractivity contribution in [3.05, 3.63) is 234 Å². The summed E-state index contributed by atoms with van der Waals surface area (Å²) in [6.07, 6.45) is 0. The van der Waals surface area contributed by atoms with Gasteiger partial charge in [0.25, 0.3) is 0 Å². The van der Waals surface area contributed by atoms with Crippen LogP contribution < -0.4 is 9.64 Å². The number of hydrogen-bond acceptors (Lipinski definition) is 3. The molecule has 0 fully saturated rings. The fourth-order valence-electron chi connectivity index (χ4n) is 10.7. The van der Waals surface area contributed by atoms with E-state index in [1.54, 1.807) is 0 Å². The topological polar surface area (TPSA) is 25.6 Å². The molecule has 3 heteroatoms. The van der Waals surface area contributed by atoms with Crippen LogP contribution in [0, 0.1) is 13.8 Å². The Bertz CT molecular complexity index is 3540. The van der Waals surface area contributed by atoms with Gasteiger partial charge < -0.3 is 14.1 Å². The molecule has 10 aromatic carbocycles. The predicted molar refractivity (Wildman–Crippen MR) is 256 cm³/mol. The van der Waals surface area contributed by atoms with Crippen LogP contribution >= 0.6 is 0 Å². The van der Waals surface area contributed by atoms with Gasteiger partial charge >= 0.3 is 0 Å². The summed E-state index contributed by atoms with van der Waals surface area (Å²) in [5.74, 6) is 1.87. The number of benzene rings is 10.